The Labute approximate surface area is 229 Å². The van der Waals surface area contributed by atoms with Gasteiger partial charge in [0.05, 0.1) is 5.69 Å². The van der Waals surface area contributed by atoms with E-state index in [0.717, 1.165) is 63.1 Å². The molecule has 7 heteroatoms. The zero-order valence-electron chi connectivity index (χ0n) is 22.3. The number of anilines is 1. The Hall–Kier alpha value is -2.77. The molecule has 1 amide bonds. The number of nitrogens with two attached hydrogens (primary N) is 1. The maximum absolute atomic E-state index is 14.1. The van der Waals surface area contributed by atoms with Gasteiger partial charge in [-0.1, -0.05) is 37.3 Å². The van der Waals surface area contributed by atoms with E-state index in [1.807, 2.05) is 18.2 Å². The fraction of sp³-hybridized carbons (Fsp3) is 0.484. The summed E-state index contributed by atoms with van der Waals surface area (Å²) >= 11 is 1.67. The number of amides is 1. The summed E-state index contributed by atoms with van der Waals surface area (Å²) in [6.07, 6.45) is 10.1. The van der Waals surface area contributed by atoms with E-state index in [4.69, 9.17) is 5.73 Å². The summed E-state index contributed by atoms with van der Waals surface area (Å²) in [5, 5.41) is 3.95. The molecule has 0 radical (unpaired) electrons. The van der Waals surface area contributed by atoms with Gasteiger partial charge in [0.2, 0.25) is 0 Å². The van der Waals surface area contributed by atoms with Gasteiger partial charge < -0.3 is 16.0 Å². The van der Waals surface area contributed by atoms with Gasteiger partial charge in [-0.25, -0.2) is 9.37 Å². The van der Waals surface area contributed by atoms with E-state index < -0.39 is 0 Å². The van der Waals surface area contributed by atoms with Crippen molar-refractivity contribution in [3.05, 3.63) is 70.5 Å². The number of thiazole rings is 1. The summed E-state index contributed by atoms with van der Waals surface area (Å²) < 4.78 is 14.1. The van der Waals surface area contributed by atoms with Crippen LogP contribution in [0.15, 0.2) is 48.5 Å². The molecule has 1 heterocycles. The van der Waals surface area contributed by atoms with Crippen molar-refractivity contribution in [1.29, 1.82) is 0 Å². The van der Waals surface area contributed by atoms with Crippen LogP contribution in [0.5, 0.6) is 0 Å². The van der Waals surface area contributed by atoms with Crippen molar-refractivity contribution in [2.24, 2.45) is 5.92 Å². The van der Waals surface area contributed by atoms with Gasteiger partial charge >= 0.3 is 0 Å². The van der Waals surface area contributed by atoms with Crippen LogP contribution in [0.1, 0.15) is 72.8 Å². The first kappa shape index (κ1) is 26.8. The molecular weight excluding hydrogens is 495 g/mol. The van der Waals surface area contributed by atoms with Gasteiger partial charge in [0.1, 0.15) is 5.82 Å². The number of fused-ring (bicyclic) bond motifs is 1. The lowest BCUT2D eigenvalue weighted by Gasteiger charge is -2.36. The number of nitrogens with one attached hydrogen (secondary N) is 1. The van der Waals surface area contributed by atoms with Crippen LogP contribution in [0.3, 0.4) is 0 Å². The van der Waals surface area contributed by atoms with Gasteiger partial charge in [-0.05, 0) is 101 Å². The first-order valence-electron chi connectivity index (χ1n) is 14.1. The molecule has 38 heavy (non-hydrogen) atoms. The third-order valence-electron chi connectivity index (χ3n) is 8.30. The second kappa shape index (κ2) is 12.4. The number of hydrogen-bond acceptors (Lipinski definition) is 5. The van der Waals surface area contributed by atoms with E-state index in [1.165, 1.54) is 35.9 Å². The predicted molar refractivity (Wildman–Crippen MR) is 154 cm³/mol. The highest BCUT2D eigenvalue weighted by atomic mass is 32.1. The fourth-order valence-electron chi connectivity index (χ4n) is 6.16. The minimum absolute atomic E-state index is 0.0389. The van der Waals surface area contributed by atoms with Crippen molar-refractivity contribution in [2.75, 3.05) is 18.8 Å². The van der Waals surface area contributed by atoms with E-state index in [2.05, 4.69) is 22.1 Å². The molecule has 2 aliphatic carbocycles. The van der Waals surface area contributed by atoms with Gasteiger partial charge in [0.15, 0.2) is 5.13 Å². The van der Waals surface area contributed by atoms with Crippen LogP contribution in [0, 0.1) is 11.7 Å². The molecule has 202 valence electrons. The highest BCUT2D eigenvalue weighted by Gasteiger charge is 2.28. The van der Waals surface area contributed by atoms with Crippen molar-refractivity contribution in [1.82, 2.24) is 15.2 Å². The number of hydrogen-bond donors (Lipinski definition) is 2. The van der Waals surface area contributed by atoms with Crippen LogP contribution in [0.25, 0.3) is 11.1 Å². The minimum Gasteiger partial charge on any atom is -0.375 e. The molecule has 0 spiro atoms. The monoisotopic (exact) mass is 534 g/mol. The fourth-order valence-corrected chi connectivity index (χ4v) is 7.11. The molecule has 2 aromatic carbocycles. The summed E-state index contributed by atoms with van der Waals surface area (Å²) in [6.45, 7) is 4.57. The number of nitrogen functional groups attached to an aromatic ring is 1. The predicted octanol–water partition coefficient (Wildman–Crippen LogP) is 6.48. The Morgan fingerprint density at radius 2 is 1.84 bits per heavy atom. The summed E-state index contributed by atoms with van der Waals surface area (Å²) in [6, 6.07) is 14.8. The van der Waals surface area contributed by atoms with Crippen LogP contribution in [0.2, 0.25) is 0 Å². The number of rotatable bonds is 9. The first-order valence-corrected chi connectivity index (χ1v) is 15.0. The van der Waals surface area contributed by atoms with Crippen molar-refractivity contribution >= 4 is 22.4 Å². The van der Waals surface area contributed by atoms with Gasteiger partial charge in [-0.15, -0.1) is 11.3 Å². The van der Waals surface area contributed by atoms with Gasteiger partial charge in [-0.3, -0.25) is 4.79 Å². The van der Waals surface area contributed by atoms with Crippen molar-refractivity contribution in [3.8, 4) is 11.1 Å². The molecule has 0 aliphatic heterocycles. The molecule has 2 aliphatic rings. The quantitative estimate of drug-likeness (QED) is 0.330. The standard InChI is InChI=1S/C31H39FN4OS/c1-2-18-36(25-15-16-28-29(20-25)38-31(33)35-28)19-17-21-7-13-24(14-8-21)34-30(37)23-11-9-22(10-12-23)26-5-3-4-6-27(26)32/h3-6,9-12,21,24-25H,2,7-8,13-20H2,1H3,(H2,33,35)(H,34,37). The van der Waals surface area contributed by atoms with Crippen molar-refractivity contribution < 1.29 is 9.18 Å². The van der Waals surface area contributed by atoms with E-state index in [-0.39, 0.29) is 17.8 Å². The maximum Gasteiger partial charge on any atom is 0.251 e. The lowest BCUT2D eigenvalue weighted by molar-refractivity contribution is 0.0918. The second-order valence-corrected chi connectivity index (χ2v) is 12.0. The Balaban J connectivity index is 1.08. The Kier molecular flexibility index (Phi) is 8.75. The number of aryl methyl sites for hydroxylation is 1. The Morgan fingerprint density at radius 3 is 2.58 bits per heavy atom. The SMILES string of the molecule is CCCN(CCC1CCC(NC(=O)c2ccc(-c3ccccc3F)cc2)CC1)C1CCc2nc(N)sc2C1. The molecule has 3 N–H and O–H groups in total. The average Bonchev–Trinajstić information content (AvgIpc) is 3.31. The molecule has 5 nitrogen and oxygen atoms in total. The van der Waals surface area contributed by atoms with Crippen LogP contribution in [-0.4, -0.2) is 41.0 Å². The molecular formula is C31H39FN4OS. The zero-order valence-corrected chi connectivity index (χ0v) is 23.1. The largest absolute Gasteiger partial charge is 0.375 e. The molecule has 1 saturated carbocycles. The van der Waals surface area contributed by atoms with E-state index in [9.17, 15) is 9.18 Å². The van der Waals surface area contributed by atoms with Gasteiger partial charge in [-0.2, -0.15) is 0 Å². The summed E-state index contributed by atoms with van der Waals surface area (Å²) in [7, 11) is 0. The van der Waals surface area contributed by atoms with Gasteiger partial charge in [0.25, 0.3) is 5.91 Å². The summed E-state index contributed by atoms with van der Waals surface area (Å²) in [4.78, 5) is 21.5. The second-order valence-electron chi connectivity index (χ2n) is 10.9. The lowest BCUT2D eigenvalue weighted by atomic mass is 9.83. The van der Waals surface area contributed by atoms with Crippen LogP contribution < -0.4 is 11.1 Å². The Morgan fingerprint density at radius 1 is 1.08 bits per heavy atom. The minimum atomic E-state index is -0.253. The molecule has 1 atom stereocenters. The van der Waals surface area contributed by atoms with E-state index in [0.29, 0.717) is 22.3 Å². The number of carbonyl (C=O) groups is 1. The summed E-state index contributed by atoms with van der Waals surface area (Å²) in [5.41, 5.74) is 9.14. The third-order valence-corrected chi connectivity index (χ3v) is 9.24. The number of aromatic nitrogens is 1. The highest BCUT2D eigenvalue weighted by molar-refractivity contribution is 7.15. The average molecular weight is 535 g/mol. The maximum atomic E-state index is 14.1. The summed E-state index contributed by atoms with van der Waals surface area (Å²) in [5.74, 6) is 0.431. The Bertz CT molecular complexity index is 1220. The van der Waals surface area contributed by atoms with E-state index >= 15 is 0 Å². The number of nitrogens with zero attached hydrogens (tertiary/aromatic N) is 2. The number of benzene rings is 2. The molecule has 1 aromatic heterocycles. The molecule has 0 bridgehead atoms. The molecule has 3 aromatic rings. The van der Waals surface area contributed by atoms with Crippen molar-refractivity contribution in [3.63, 3.8) is 0 Å². The normalized spacial score (nSPS) is 21.3. The topological polar surface area (TPSA) is 71.2 Å². The first-order chi connectivity index (χ1) is 18.5. The molecule has 1 fully saturated rings. The van der Waals surface area contributed by atoms with Crippen molar-refractivity contribution in [2.45, 2.75) is 76.8 Å². The van der Waals surface area contributed by atoms with Crippen LogP contribution in [0.4, 0.5) is 9.52 Å². The smallest absolute Gasteiger partial charge is 0.251 e. The number of carbonyl (C=O) groups excluding carboxylic acids is 1. The molecule has 0 saturated heterocycles. The third kappa shape index (κ3) is 6.44. The van der Waals surface area contributed by atoms with Gasteiger partial charge in [0, 0.05) is 28.1 Å². The van der Waals surface area contributed by atoms with Crippen LogP contribution in [-0.2, 0) is 12.8 Å². The highest BCUT2D eigenvalue weighted by Crippen LogP contribution is 2.32. The van der Waals surface area contributed by atoms with E-state index in [1.54, 1.807) is 35.6 Å². The number of halogens is 1. The lowest BCUT2D eigenvalue weighted by Crippen LogP contribution is -2.41. The zero-order chi connectivity index (χ0) is 26.5. The molecule has 5 rings (SSSR count). The van der Waals surface area contributed by atoms with Crippen LogP contribution >= 0.6 is 11.3 Å². The molecule has 1 unspecified atom stereocenters.